The van der Waals surface area contributed by atoms with Crippen LogP contribution in [0.15, 0.2) is 30.3 Å². The van der Waals surface area contributed by atoms with Crippen LogP contribution in [0.25, 0.3) is 0 Å². The molecule has 0 aliphatic rings. The minimum Gasteiger partial charge on any atom is -0.507 e. The summed E-state index contributed by atoms with van der Waals surface area (Å²) in [5.74, 6) is 0.714. The molecule has 0 amide bonds. The fourth-order valence-electron chi connectivity index (χ4n) is 1.94. The normalized spacial score (nSPS) is 9.95. The van der Waals surface area contributed by atoms with E-state index in [0.29, 0.717) is 40.4 Å². The van der Waals surface area contributed by atoms with E-state index < -0.39 is 0 Å². The first-order valence-corrected chi connectivity index (χ1v) is 6.66. The SMILES string of the molecule is CCc1c(Oc2ccc(C#N)cc2Cl)ccc(C=O)c1O. The number of hydrogen-bond acceptors (Lipinski definition) is 4. The van der Waals surface area contributed by atoms with Crippen molar-refractivity contribution in [1.82, 2.24) is 0 Å². The predicted molar refractivity (Wildman–Crippen MR) is 79.1 cm³/mol. The number of nitrogens with zero attached hydrogens (tertiary/aromatic N) is 1. The summed E-state index contributed by atoms with van der Waals surface area (Å²) in [6.07, 6.45) is 1.09. The maximum absolute atomic E-state index is 10.8. The van der Waals surface area contributed by atoms with Crippen molar-refractivity contribution in [3.05, 3.63) is 52.0 Å². The van der Waals surface area contributed by atoms with Crippen LogP contribution in [-0.4, -0.2) is 11.4 Å². The monoisotopic (exact) mass is 301 g/mol. The Bertz CT molecular complexity index is 735. The van der Waals surface area contributed by atoms with Crippen LogP contribution >= 0.6 is 11.6 Å². The average molecular weight is 302 g/mol. The highest BCUT2D eigenvalue weighted by Crippen LogP contribution is 2.36. The van der Waals surface area contributed by atoms with Crippen LogP contribution < -0.4 is 4.74 Å². The van der Waals surface area contributed by atoms with Gasteiger partial charge in [0.2, 0.25) is 0 Å². The van der Waals surface area contributed by atoms with Crippen molar-refractivity contribution >= 4 is 17.9 Å². The summed E-state index contributed by atoms with van der Waals surface area (Å²) in [6, 6.07) is 9.76. The standard InChI is InChI=1S/C16H12ClNO3/c1-2-12-14(6-4-11(9-19)16(12)20)21-15-5-3-10(8-18)7-13(15)17/h3-7,9,20H,2H2,1H3. The van der Waals surface area contributed by atoms with Gasteiger partial charge in [-0.15, -0.1) is 0 Å². The van der Waals surface area contributed by atoms with Gasteiger partial charge in [0.05, 0.1) is 22.2 Å². The number of carbonyl (C=O) groups is 1. The molecule has 0 atom stereocenters. The Labute approximate surface area is 127 Å². The summed E-state index contributed by atoms with van der Waals surface area (Å²) >= 11 is 6.06. The Morgan fingerprint density at radius 2 is 2.05 bits per heavy atom. The average Bonchev–Trinajstić information content (AvgIpc) is 2.49. The summed E-state index contributed by atoms with van der Waals surface area (Å²) < 4.78 is 5.69. The van der Waals surface area contributed by atoms with E-state index in [1.54, 1.807) is 18.2 Å². The Morgan fingerprint density at radius 1 is 1.33 bits per heavy atom. The van der Waals surface area contributed by atoms with E-state index in [1.165, 1.54) is 12.1 Å². The van der Waals surface area contributed by atoms with Crippen molar-refractivity contribution in [2.75, 3.05) is 0 Å². The minimum absolute atomic E-state index is 0.0882. The van der Waals surface area contributed by atoms with Crippen molar-refractivity contribution in [2.24, 2.45) is 0 Å². The van der Waals surface area contributed by atoms with E-state index >= 15 is 0 Å². The van der Waals surface area contributed by atoms with Gasteiger partial charge in [-0.2, -0.15) is 5.26 Å². The summed E-state index contributed by atoms with van der Waals surface area (Å²) in [5.41, 5.74) is 1.17. The van der Waals surface area contributed by atoms with Gasteiger partial charge in [0.1, 0.15) is 17.2 Å². The molecule has 4 nitrogen and oxygen atoms in total. The second-order valence-corrected chi connectivity index (χ2v) is 4.72. The van der Waals surface area contributed by atoms with E-state index in [0.717, 1.165) is 0 Å². The number of benzene rings is 2. The predicted octanol–water partition coefficient (Wildman–Crippen LogP) is 4.08. The molecule has 0 heterocycles. The van der Waals surface area contributed by atoms with Crippen molar-refractivity contribution in [3.63, 3.8) is 0 Å². The molecular formula is C16H12ClNO3. The molecule has 0 aliphatic heterocycles. The highest BCUT2D eigenvalue weighted by atomic mass is 35.5. The molecule has 0 saturated heterocycles. The van der Waals surface area contributed by atoms with E-state index in [-0.39, 0.29) is 11.3 Å². The van der Waals surface area contributed by atoms with Crippen LogP contribution in [0.3, 0.4) is 0 Å². The van der Waals surface area contributed by atoms with Crippen molar-refractivity contribution < 1.29 is 14.6 Å². The number of phenols is 1. The molecule has 0 unspecified atom stereocenters. The molecule has 0 aliphatic carbocycles. The van der Waals surface area contributed by atoms with Crippen LogP contribution in [-0.2, 0) is 6.42 Å². The number of hydrogen-bond donors (Lipinski definition) is 1. The van der Waals surface area contributed by atoms with Gasteiger partial charge in [0.15, 0.2) is 6.29 Å². The number of carbonyl (C=O) groups excluding carboxylic acids is 1. The molecule has 1 N–H and O–H groups in total. The molecule has 2 aromatic rings. The summed E-state index contributed by atoms with van der Waals surface area (Å²) in [6.45, 7) is 1.84. The zero-order chi connectivity index (χ0) is 15.4. The lowest BCUT2D eigenvalue weighted by Crippen LogP contribution is -1.95. The first kappa shape index (κ1) is 14.9. The fraction of sp³-hybridized carbons (Fsp3) is 0.125. The quantitative estimate of drug-likeness (QED) is 0.864. The maximum atomic E-state index is 10.8. The Kier molecular flexibility index (Phi) is 4.46. The maximum Gasteiger partial charge on any atom is 0.153 e. The van der Waals surface area contributed by atoms with Crippen molar-refractivity contribution in [3.8, 4) is 23.3 Å². The topological polar surface area (TPSA) is 70.3 Å². The van der Waals surface area contributed by atoms with Crippen LogP contribution in [0, 0.1) is 11.3 Å². The van der Waals surface area contributed by atoms with Gasteiger partial charge in [-0.3, -0.25) is 4.79 Å². The lowest BCUT2D eigenvalue weighted by molar-refractivity contribution is 0.112. The van der Waals surface area contributed by atoms with E-state index in [9.17, 15) is 9.90 Å². The van der Waals surface area contributed by atoms with Gasteiger partial charge in [0.25, 0.3) is 0 Å². The molecule has 0 saturated carbocycles. The van der Waals surface area contributed by atoms with E-state index in [1.807, 2.05) is 13.0 Å². The van der Waals surface area contributed by atoms with Gasteiger partial charge < -0.3 is 9.84 Å². The zero-order valence-electron chi connectivity index (χ0n) is 11.3. The second kappa shape index (κ2) is 6.29. The number of rotatable bonds is 4. The highest BCUT2D eigenvalue weighted by Gasteiger charge is 2.14. The Hall–Kier alpha value is -2.51. The second-order valence-electron chi connectivity index (χ2n) is 4.31. The lowest BCUT2D eigenvalue weighted by Gasteiger charge is -2.13. The molecule has 0 fully saturated rings. The number of nitriles is 1. The van der Waals surface area contributed by atoms with Crippen molar-refractivity contribution in [2.45, 2.75) is 13.3 Å². The molecular weight excluding hydrogens is 290 g/mol. The molecule has 0 aromatic heterocycles. The molecule has 0 spiro atoms. The lowest BCUT2D eigenvalue weighted by atomic mass is 10.1. The third kappa shape index (κ3) is 2.99. The fourth-order valence-corrected chi connectivity index (χ4v) is 2.16. The van der Waals surface area contributed by atoms with Gasteiger partial charge in [0, 0.05) is 5.56 Å². The molecule has 0 bridgehead atoms. The first-order valence-electron chi connectivity index (χ1n) is 6.28. The van der Waals surface area contributed by atoms with Crippen LogP contribution in [0.1, 0.15) is 28.4 Å². The van der Waals surface area contributed by atoms with Crippen LogP contribution in [0.4, 0.5) is 0 Å². The molecule has 0 radical (unpaired) electrons. The number of halogens is 1. The number of aldehydes is 1. The minimum atomic E-state index is -0.0882. The summed E-state index contributed by atoms with van der Waals surface area (Å²) in [7, 11) is 0. The van der Waals surface area contributed by atoms with Gasteiger partial charge >= 0.3 is 0 Å². The molecule has 21 heavy (non-hydrogen) atoms. The third-order valence-electron chi connectivity index (χ3n) is 3.03. The van der Waals surface area contributed by atoms with Gasteiger partial charge in [-0.25, -0.2) is 0 Å². The van der Waals surface area contributed by atoms with Crippen LogP contribution in [0.5, 0.6) is 17.2 Å². The summed E-state index contributed by atoms with van der Waals surface area (Å²) in [5, 5.41) is 19.1. The van der Waals surface area contributed by atoms with Crippen LogP contribution in [0.2, 0.25) is 5.02 Å². The van der Waals surface area contributed by atoms with Gasteiger partial charge in [-0.1, -0.05) is 18.5 Å². The number of aromatic hydroxyl groups is 1. The first-order chi connectivity index (χ1) is 10.1. The van der Waals surface area contributed by atoms with E-state index in [4.69, 9.17) is 21.6 Å². The highest BCUT2D eigenvalue weighted by molar-refractivity contribution is 6.32. The van der Waals surface area contributed by atoms with Gasteiger partial charge in [-0.05, 0) is 36.8 Å². The largest absolute Gasteiger partial charge is 0.507 e. The number of ether oxygens (including phenoxy) is 1. The smallest absolute Gasteiger partial charge is 0.153 e. The zero-order valence-corrected chi connectivity index (χ0v) is 12.0. The summed E-state index contributed by atoms with van der Waals surface area (Å²) in [4.78, 5) is 10.8. The van der Waals surface area contributed by atoms with E-state index in [2.05, 4.69) is 0 Å². The Morgan fingerprint density at radius 3 is 2.62 bits per heavy atom. The third-order valence-corrected chi connectivity index (χ3v) is 3.33. The van der Waals surface area contributed by atoms with Crippen molar-refractivity contribution in [1.29, 1.82) is 5.26 Å². The number of phenolic OH excluding ortho intramolecular Hbond substituents is 1. The molecule has 2 aromatic carbocycles. The Balaban J connectivity index is 2.43. The molecule has 106 valence electrons. The molecule has 2 rings (SSSR count). The molecule has 5 heteroatoms.